The number of benzene rings is 1. The maximum atomic E-state index is 12.7. The number of ether oxygens (including phenoxy) is 1. The van der Waals surface area contributed by atoms with E-state index in [4.69, 9.17) is 16.3 Å². The fraction of sp³-hybridized carbons (Fsp3) is 0.300. The van der Waals surface area contributed by atoms with Crippen LogP contribution < -0.4 is 15.0 Å². The van der Waals surface area contributed by atoms with Gasteiger partial charge in [-0.25, -0.2) is 0 Å². The molecule has 0 aliphatic rings. The topological polar surface area (TPSA) is 63.1 Å². The van der Waals surface area contributed by atoms with Crippen molar-refractivity contribution in [2.24, 2.45) is 0 Å². The van der Waals surface area contributed by atoms with Crippen molar-refractivity contribution >= 4 is 40.4 Å². The van der Waals surface area contributed by atoms with Crippen LogP contribution in [0.5, 0.6) is 5.75 Å². The van der Waals surface area contributed by atoms with Crippen LogP contribution >= 0.6 is 22.9 Å². The van der Waals surface area contributed by atoms with E-state index in [0.717, 1.165) is 9.78 Å². The van der Waals surface area contributed by atoms with Crippen LogP contribution in [-0.2, 0) is 16.1 Å². The van der Waals surface area contributed by atoms with Gasteiger partial charge in [0.15, 0.2) is 13.1 Å². The fourth-order valence-corrected chi connectivity index (χ4v) is 3.75. The van der Waals surface area contributed by atoms with Gasteiger partial charge in [0.1, 0.15) is 5.75 Å². The first-order chi connectivity index (χ1) is 13.4. The van der Waals surface area contributed by atoms with Crippen LogP contribution in [0.15, 0.2) is 49.1 Å². The van der Waals surface area contributed by atoms with Gasteiger partial charge in [0.05, 0.1) is 25.0 Å². The molecule has 1 aromatic heterocycles. The molecular formula is C20H25ClN3O3S+. The lowest BCUT2D eigenvalue weighted by Crippen LogP contribution is -3.11. The van der Waals surface area contributed by atoms with Gasteiger partial charge < -0.3 is 19.9 Å². The third-order valence-electron chi connectivity index (χ3n) is 3.95. The molecule has 2 aromatic rings. The van der Waals surface area contributed by atoms with Crippen LogP contribution in [0.3, 0.4) is 0 Å². The molecule has 2 N–H and O–H groups in total. The molecular weight excluding hydrogens is 398 g/mol. The molecule has 1 atom stereocenters. The number of rotatable bonds is 10. The van der Waals surface area contributed by atoms with E-state index in [-0.39, 0.29) is 24.9 Å². The van der Waals surface area contributed by atoms with Gasteiger partial charge in [-0.2, -0.15) is 0 Å². The Morgan fingerprint density at radius 1 is 1.32 bits per heavy atom. The van der Waals surface area contributed by atoms with Crippen molar-refractivity contribution in [1.82, 2.24) is 4.90 Å². The molecule has 1 aromatic carbocycles. The smallest absolute Gasteiger partial charge is 0.279 e. The number of quaternary nitrogens is 1. The molecule has 150 valence electrons. The van der Waals surface area contributed by atoms with Gasteiger partial charge in [0.25, 0.3) is 11.8 Å². The molecule has 1 heterocycles. The van der Waals surface area contributed by atoms with E-state index in [9.17, 15) is 9.59 Å². The first-order valence-corrected chi connectivity index (χ1v) is 9.98. The summed E-state index contributed by atoms with van der Waals surface area (Å²) in [6, 6.07) is 10.9. The first kappa shape index (κ1) is 21.9. The summed E-state index contributed by atoms with van der Waals surface area (Å²) in [5.41, 5.74) is 0.659. The molecule has 0 fully saturated rings. The van der Waals surface area contributed by atoms with Crippen LogP contribution in [0.1, 0.15) is 4.88 Å². The summed E-state index contributed by atoms with van der Waals surface area (Å²) in [5, 5.41) is 2.82. The number of nitrogens with zero attached hydrogens (tertiary/aromatic N) is 1. The maximum absolute atomic E-state index is 12.7. The summed E-state index contributed by atoms with van der Waals surface area (Å²) < 4.78 is 5.84. The van der Waals surface area contributed by atoms with Gasteiger partial charge in [0, 0.05) is 23.2 Å². The molecule has 0 aliphatic carbocycles. The molecule has 0 radical (unpaired) electrons. The summed E-state index contributed by atoms with van der Waals surface area (Å²) in [5.74, 6) is 0.456. The molecule has 0 spiro atoms. The maximum Gasteiger partial charge on any atom is 0.279 e. The van der Waals surface area contributed by atoms with Crippen LogP contribution in [0, 0.1) is 0 Å². The quantitative estimate of drug-likeness (QED) is 0.576. The third-order valence-corrected chi connectivity index (χ3v) is 5.16. The molecule has 28 heavy (non-hydrogen) atoms. The van der Waals surface area contributed by atoms with Crippen molar-refractivity contribution in [1.29, 1.82) is 0 Å². The molecule has 0 saturated heterocycles. The van der Waals surface area contributed by atoms with Crippen molar-refractivity contribution in [2.45, 2.75) is 6.54 Å². The summed E-state index contributed by atoms with van der Waals surface area (Å²) in [6.45, 7) is 5.02. The predicted molar refractivity (Wildman–Crippen MR) is 113 cm³/mol. The van der Waals surface area contributed by atoms with E-state index in [2.05, 4.69) is 11.9 Å². The van der Waals surface area contributed by atoms with E-state index in [1.165, 1.54) is 11.3 Å². The molecule has 0 bridgehead atoms. The van der Waals surface area contributed by atoms with E-state index < -0.39 is 0 Å². The molecule has 0 aliphatic heterocycles. The average molecular weight is 423 g/mol. The molecule has 2 rings (SSSR count). The van der Waals surface area contributed by atoms with E-state index in [1.54, 1.807) is 42.4 Å². The molecule has 6 nitrogen and oxygen atoms in total. The van der Waals surface area contributed by atoms with Crippen LogP contribution in [0.4, 0.5) is 5.69 Å². The number of hydrogen-bond acceptors (Lipinski definition) is 4. The Labute approximate surface area is 174 Å². The highest BCUT2D eigenvalue weighted by Crippen LogP contribution is 2.22. The molecule has 0 saturated carbocycles. The largest absolute Gasteiger partial charge is 0.497 e. The number of nitrogens with one attached hydrogen (secondary N) is 2. The molecule has 1 unspecified atom stereocenters. The van der Waals surface area contributed by atoms with Crippen molar-refractivity contribution in [3.8, 4) is 5.75 Å². The number of methoxy groups -OCH3 is 1. The number of thiophene rings is 1. The van der Waals surface area contributed by atoms with E-state index >= 15 is 0 Å². The Bertz CT molecular complexity index is 825. The highest BCUT2D eigenvalue weighted by Gasteiger charge is 2.20. The highest BCUT2D eigenvalue weighted by atomic mass is 35.5. The Hall–Kier alpha value is -2.35. The zero-order valence-electron chi connectivity index (χ0n) is 16.0. The average Bonchev–Trinajstić information content (AvgIpc) is 3.06. The monoisotopic (exact) mass is 422 g/mol. The van der Waals surface area contributed by atoms with E-state index in [0.29, 0.717) is 28.9 Å². The standard InChI is InChI=1S/C20H24ClN3O3S/c1-4-10-24(12-17-8-9-18(21)28-17)20(26)14-23(2)13-19(25)22-15-6-5-7-16(11-15)27-3/h4-9,11H,1,10,12-14H2,2-3H3,(H,22,25)/p+1. The summed E-state index contributed by atoms with van der Waals surface area (Å²) in [7, 11) is 3.39. The second-order valence-corrected chi connectivity index (χ2v) is 8.16. The van der Waals surface area contributed by atoms with Crippen molar-refractivity contribution < 1.29 is 19.2 Å². The Morgan fingerprint density at radius 3 is 2.75 bits per heavy atom. The summed E-state index contributed by atoms with van der Waals surface area (Å²) in [4.78, 5) is 28.4. The second-order valence-electron chi connectivity index (χ2n) is 6.36. The summed E-state index contributed by atoms with van der Waals surface area (Å²) in [6.07, 6.45) is 1.69. The number of halogens is 1. The zero-order chi connectivity index (χ0) is 20.5. The van der Waals surface area contributed by atoms with Crippen molar-refractivity contribution in [3.05, 3.63) is 58.3 Å². The third kappa shape index (κ3) is 6.99. The van der Waals surface area contributed by atoms with Gasteiger partial charge in [-0.05, 0) is 24.3 Å². The van der Waals surface area contributed by atoms with Gasteiger partial charge in [-0.1, -0.05) is 23.7 Å². The van der Waals surface area contributed by atoms with Crippen LogP contribution in [0.2, 0.25) is 4.34 Å². The van der Waals surface area contributed by atoms with Crippen molar-refractivity contribution in [3.63, 3.8) is 0 Å². The van der Waals surface area contributed by atoms with Gasteiger partial charge in [-0.15, -0.1) is 17.9 Å². The zero-order valence-corrected chi connectivity index (χ0v) is 17.6. The normalized spacial score (nSPS) is 11.5. The summed E-state index contributed by atoms with van der Waals surface area (Å²) >= 11 is 7.42. The number of carbonyl (C=O) groups excluding carboxylic acids is 2. The lowest BCUT2D eigenvalue weighted by molar-refractivity contribution is -0.862. The number of amides is 2. The Balaban J connectivity index is 1.88. The van der Waals surface area contributed by atoms with Gasteiger partial charge >= 0.3 is 0 Å². The predicted octanol–water partition coefficient (Wildman–Crippen LogP) is 2.08. The second kappa shape index (κ2) is 10.8. The minimum absolute atomic E-state index is 0.0453. The number of carbonyl (C=O) groups is 2. The lowest BCUT2D eigenvalue weighted by atomic mass is 10.3. The van der Waals surface area contributed by atoms with Crippen LogP contribution in [0.25, 0.3) is 0 Å². The first-order valence-electron chi connectivity index (χ1n) is 8.79. The van der Waals surface area contributed by atoms with Gasteiger partial charge in [0.2, 0.25) is 0 Å². The Kier molecular flexibility index (Phi) is 8.50. The molecule has 2 amide bonds. The lowest BCUT2D eigenvalue weighted by Gasteiger charge is -2.22. The minimum atomic E-state index is -0.168. The van der Waals surface area contributed by atoms with Gasteiger partial charge in [-0.3, -0.25) is 9.59 Å². The number of likely N-dealkylation sites (N-methyl/N-ethyl adjacent to an activating group) is 1. The number of hydrogen-bond donors (Lipinski definition) is 2. The highest BCUT2D eigenvalue weighted by molar-refractivity contribution is 7.16. The van der Waals surface area contributed by atoms with Crippen molar-refractivity contribution in [2.75, 3.05) is 39.1 Å². The SMILES string of the molecule is C=CCN(Cc1ccc(Cl)s1)C(=O)C[NH+](C)CC(=O)Nc1cccc(OC)c1. The molecule has 8 heteroatoms. The Morgan fingerprint density at radius 2 is 2.11 bits per heavy atom. The van der Waals surface area contributed by atoms with E-state index in [1.807, 2.05) is 19.2 Å². The fourth-order valence-electron chi connectivity index (χ4n) is 2.65. The number of anilines is 1. The van der Waals surface area contributed by atoms with Crippen LogP contribution in [-0.4, -0.2) is 50.5 Å². The minimum Gasteiger partial charge on any atom is -0.497 e.